The van der Waals surface area contributed by atoms with Gasteiger partial charge in [0, 0.05) is 45.9 Å². The number of hydrogen-bond donors (Lipinski definition) is 2. The number of nitrogens with zero attached hydrogens (tertiary/aromatic N) is 2. The number of rotatable bonds is 9. The van der Waals surface area contributed by atoms with Crippen LogP contribution in [-0.4, -0.2) is 63.3 Å². The Morgan fingerprint density at radius 2 is 2.00 bits per heavy atom. The molecular formula is C18H39IN4O. The molecule has 1 saturated heterocycles. The average molecular weight is 454 g/mol. The molecule has 5 nitrogen and oxygen atoms in total. The topological polar surface area (TPSA) is 48.9 Å². The molecule has 144 valence electrons. The summed E-state index contributed by atoms with van der Waals surface area (Å²) in [7, 11) is 1.84. The van der Waals surface area contributed by atoms with Crippen LogP contribution < -0.4 is 10.6 Å². The van der Waals surface area contributed by atoms with Gasteiger partial charge in [0.25, 0.3) is 0 Å². The van der Waals surface area contributed by atoms with Gasteiger partial charge in [-0.3, -0.25) is 4.99 Å². The minimum Gasteiger partial charge on any atom is -0.381 e. The molecule has 1 aliphatic heterocycles. The number of guanidine groups is 1. The molecule has 0 aromatic rings. The minimum absolute atomic E-state index is 0. The number of piperidine rings is 1. The highest BCUT2D eigenvalue weighted by molar-refractivity contribution is 14.0. The van der Waals surface area contributed by atoms with E-state index in [9.17, 15) is 0 Å². The van der Waals surface area contributed by atoms with Crippen LogP contribution in [0.3, 0.4) is 0 Å². The zero-order chi connectivity index (χ0) is 17.1. The maximum atomic E-state index is 5.59. The van der Waals surface area contributed by atoms with E-state index in [0.717, 1.165) is 44.6 Å². The monoisotopic (exact) mass is 454 g/mol. The van der Waals surface area contributed by atoms with Crippen molar-refractivity contribution in [1.82, 2.24) is 15.5 Å². The lowest BCUT2D eigenvalue weighted by Gasteiger charge is -2.35. The Kier molecular flexibility index (Phi) is 14.1. The van der Waals surface area contributed by atoms with Crippen LogP contribution in [0.15, 0.2) is 4.99 Å². The summed E-state index contributed by atoms with van der Waals surface area (Å²) in [5.74, 6) is 2.24. The summed E-state index contributed by atoms with van der Waals surface area (Å²) < 4.78 is 5.59. The predicted molar refractivity (Wildman–Crippen MR) is 114 cm³/mol. The number of hydrogen-bond acceptors (Lipinski definition) is 3. The van der Waals surface area contributed by atoms with Crippen LogP contribution in [0.5, 0.6) is 0 Å². The first-order valence-corrected chi connectivity index (χ1v) is 9.29. The van der Waals surface area contributed by atoms with Gasteiger partial charge < -0.3 is 20.3 Å². The molecule has 0 aromatic heterocycles. The second-order valence-electron chi connectivity index (χ2n) is 7.30. The summed E-state index contributed by atoms with van der Waals surface area (Å²) in [6.07, 6.45) is 3.64. The van der Waals surface area contributed by atoms with E-state index < -0.39 is 0 Å². The highest BCUT2D eigenvalue weighted by atomic mass is 127. The van der Waals surface area contributed by atoms with Crippen molar-refractivity contribution in [1.29, 1.82) is 0 Å². The van der Waals surface area contributed by atoms with Crippen LogP contribution in [0, 0.1) is 11.8 Å². The average Bonchev–Trinajstić information content (AvgIpc) is 2.53. The summed E-state index contributed by atoms with van der Waals surface area (Å²) in [4.78, 5) is 6.89. The fourth-order valence-corrected chi connectivity index (χ4v) is 2.89. The third-order valence-electron chi connectivity index (χ3n) is 4.27. The molecule has 0 saturated carbocycles. The maximum absolute atomic E-state index is 5.59. The molecule has 1 unspecified atom stereocenters. The number of halogens is 1. The number of aliphatic imine (C=N–C) groups is 1. The summed E-state index contributed by atoms with van der Waals surface area (Å²) in [5, 5.41) is 6.86. The van der Waals surface area contributed by atoms with E-state index in [1.54, 1.807) is 0 Å². The molecule has 1 heterocycles. The van der Waals surface area contributed by atoms with Crippen molar-refractivity contribution in [2.24, 2.45) is 16.8 Å². The summed E-state index contributed by atoms with van der Waals surface area (Å²) in [5.41, 5.74) is 0. The fraction of sp³-hybridized carbons (Fsp3) is 0.944. The largest absolute Gasteiger partial charge is 0.381 e. The van der Waals surface area contributed by atoms with Gasteiger partial charge in [0.1, 0.15) is 0 Å². The molecule has 0 aromatic carbocycles. The Bertz CT molecular complexity index is 337. The van der Waals surface area contributed by atoms with Crippen molar-refractivity contribution >= 4 is 29.9 Å². The highest BCUT2D eigenvalue weighted by Crippen LogP contribution is 2.17. The van der Waals surface area contributed by atoms with Gasteiger partial charge in [0.15, 0.2) is 5.96 Å². The van der Waals surface area contributed by atoms with Gasteiger partial charge >= 0.3 is 0 Å². The van der Waals surface area contributed by atoms with Gasteiger partial charge in [-0.15, -0.1) is 24.0 Å². The van der Waals surface area contributed by atoms with Crippen molar-refractivity contribution < 1.29 is 4.74 Å². The van der Waals surface area contributed by atoms with Crippen molar-refractivity contribution in [3.05, 3.63) is 0 Å². The molecule has 1 aliphatic rings. The standard InChI is InChI=1S/C18H38N4O.HI/c1-15(2)14-23-11-7-9-20-18(19-5)21-12-17-8-6-10-22(13-17)16(3)4;/h15-17H,6-14H2,1-5H3,(H2,19,20,21);1H. The van der Waals surface area contributed by atoms with Crippen LogP contribution in [0.25, 0.3) is 0 Å². The quantitative estimate of drug-likeness (QED) is 0.244. The molecule has 0 bridgehead atoms. The van der Waals surface area contributed by atoms with Crippen molar-refractivity contribution in [3.8, 4) is 0 Å². The van der Waals surface area contributed by atoms with Crippen LogP contribution in [0.4, 0.5) is 0 Å². The Morgan fingerprint density at radius 3 is 2.62 bits per heavy atom. The summed E-state index contributed by atoms with van der Waals surface area (Å²) >= 11 is 0. The lowest BCUT2D eigenvalue weighted by molar-refractivity contribution is 0.108. The van der Waals surface area contributed by atoms with E-state index in [0.29, 0.717) is 12.0 Å². The first kappa shape index (κ1) is 23.9. The van der Waals surface area contributed by atoms with Crippen molar-refractivity contribution in [3.63, 3.8) is 0 Å². The third kappa shape index (κ3) is 10.7. The molecule has 2 N–H and O–H groups in total. The predicted octanol–water partition coefficient (Wildman–Crippen LogP) is 2.95. The summed E-state index contributed by atoms with van der Waals surface area (Å²) in [6, 6.07) is 0.654. The third-order valence-corrected chi connectivity index (χ3v) is 4.27. The Morgan fingerprint density at radius 1 is 1.25 bits per heavy atom. The normalized spacial score (nSPS) is 19.5. The molecule has 0 radical (unpaired) electrons. The van der Waals surface area contributed by atoms with Crippen LogP contribution >= 0.6 is 24.0 Å². The molecule has 24 heavy (non-hydrogen) atoms. The van der Waals surface area contributed by atoms with E-state index in [1.807, 2.05) is 7.05 Å². The minimum atomic E-state index is 0. The Hall–Kier alpha value is -0.0800. The van der Waals surface area contributed by atoms with E-state index in [1.165, 1.54) is 25.9 Å². The van der Waals surface area contributed by atoms with Crippen molar-refractivity contribution in [2.45, 2.75) is 53.0 Å². The van der Waals surface area contributed by atoms with E-state index in [-0.39, 0.29) is 24.0 Å². The molecule has 1 fully saturated rings. The van der Waals surface area contributed by atoms with Gasteiger partial charge in [-0.05, 0) is 51.5 Å². The maximum Gasteiger partial charge on any atom is 0.190 e. The first-order chi connectivity index (χ1) is 11.0. The van der Waals surface area contributed by atoms with E-state index in [2.05, 4.69) is 48.2 Å². The lowest BCUT2D eigenvalue weighted by Crippen LogP contribution is -2.46. The second-order valence-corrected chi connectivity index (χ2v) is 7.30. The zero-order valence-corrected chi connectivity index (χ0v) is 18.6. The van der Waals surface area contributed by atoms with Gasteiger partial charge in [0.2, 0.25) is 0 Å². The van der Waals surface area contributed by atoms with Gasteiger partial charge in [0.05, 0.1) is 0 Å². The molecule has 0 amide bonds. The molecule has 1 rings (SSSR count). The van der Waals surface area contributed by atoms with Gasteiger partial charge in [-0.25, -0.2) is 0 Å². The second kappa shape index (κ2) is 14.1. The first-order valence-electron chi connectivity index (χ1n) is 9.29. The van der Waals surface area contributed by atoms with Crippen molar-refractivity contribution in [2.75, 3.05) is 46.4 Å². The zero-order valence-electron chi connectivity index (χ0n) is 16.3. The molecule has 6 heteroatoms. The van der Waals surface area contributed by atoms with Crippen LogP contribution in [-0.2, 0) is 4.74 Å². The highest BCUT2D eigenvalue weighted by Gasteiger charge is 2.21. The summed E-state index contributed by atoms with van der Waals surface area (Å²) in [6.45, 7) is 14.9. The van der Waals surface area contributed by atoms with E-state index >= 15 is 0 Å². The SMILES string of the molecule is CN=C(NCCCOCC(C)C)NCC1CCCN(C(C)C)C1.I. The fourth-order valence-electron chi connectivity index (χ4n) is 2.89. The molecule has 0 aliphatic carbocycles. The van der Waals surface area contributed by atoms with E-state index in [4.69, 9.17) is 4.74 Å². The smallest absolute Gasteiger partial charge is 0.190 e. The molecular weight excluding hydrogens is 415 g/mol. The lowest BCUT2D eigenvalue weighted by atomic mass is 9.97. The number of ether oxygens (including phenoxy) is 1. The number of nitrogens with one attached hydrogen (secondary N) is 2. The molecule has 1 atom stereocenters. The van der Waals surface area contributed by atoms with Gasteiger partial charge in [-0.2, -0.15) is 0 Å². The van der Waals surface area contributed by atoms with Gasteiger partial charge in [-0.1, -0.05) is 13.8 Å². The Balaban J connectivity index is 0.00000529. The van der Waals surface area contributed by atoms with Crippen LogP contribution in [0.2, 0.25) is 0 Å². The van der Waals surface area contributed by atoms with Crippen LogP contribution in [0.1, 0.15) is 47.0 Å². The Labute approximate surface area is 166 Å². The number of likely N-dealkylation sites (tertiary alicyclic amines) is 1. The molecule has 0 spiro atoms.